The van der Waals surface area contributed by atoms with E-state index >= 15 is 8.78 Å². The van der Waals surface area contributed by atoms with Crippen molar-refractivity contribution in [2.45, 2.75) is 76.8 Å². The molecule has 1 aliphatic carbocycles. The predicted molar refractivity (Wildman–Crippen MR) is 164 cm³/mol. The summed E-state index contributed by atoms with van der Waals surface area (Å²) in [6, 6.07) is 7.97. The Morgan fingerprint density at radius 2 is 1.69 bits per heavy atom. The average Bonchev–Trinajstić information content (AvgIpc) is 2.99. The molecular formula is C33H38F5N5O2. The molecule has 3 aromatic rings. The third kappa shape index (κ3) is 7.22. The topological polar surface area (TPSA) is 80.5 Å². The van der Waals surface area contributed by atoms with Gasteiger partial charge in [0.1, 0.15) is 11.6 Å². The van der Waals surface area contributed by atoms with Gasteiger partial charge in [-0.1, -0.05) is 31.4 Å². The van der Waals surface area contributed by atoms with Crippen LogP contribution in [0.2, 0.25) is 0 Å². The summed E-state index contributed by atoms with van der Waals surface area (Å²) in [6.07, 6.45) is 1.12. The van der Waals surface area contributed by atoms with E-state index < -0.39 is 40.4 Å². The molecule has 45 heavy (non-hydrogen) atoms. The Balaban J connectivity index is 1.54. The molecule has 242 valence electrons. The van der Waals surface area contributed by atoms with Gasteiger partial charge < -0.3 is 20.5 Å². The van der Waals surface area contributed by atoms with Crippen molar-refractivity contribution in [2.24, 2.45) is 0 Å². The molecule has 2 atom stereocenters. The molecule has 7 nitrogen and oxygen atoms in total. The average molecular weight is 632 g/mol. The number of nitrogens with zero attached hydrogens (tertiary/aromatic N) is 2. The number of benzene rings is 2. The van der Waals surface area contributed by atoms with Gasteiger partial charge in [-0.05, 0) is 57.5 Å². The fourth-order valence-corrected chi connectivity index (χ4v) is 6.31. The standard InChI is InChI=1S/C33H38F5N5O2/c1-19-17-43(18-20(2)42(19)3)28-12-10-21(13-27(28)41-32(45)24-16-40-29(44)14-25(24)33(36,37)38)30-26(34)11-9-22(31(30)35)15-39-23-7-5-4-6-8-23/h9-14,16,19-20,23,39H,4-8,15,17-18H2,1-3H3,(H,40,44)(H,41,45)/t19-,20+. The number of amides is 1. The van der Waals surface area contributed by atoms with Crippen molar-refractivity contribution >= 4 is 17.3 Å². The van der Waals surface area contributed by atoms with Gasteiger partial charge >= 0.3 is 6.18 Å². The first kappa shape index (κ1) is 32.6. The summed E-state index contributed by atoms with van der Waals surface area (Å²) in [5, 5.41) is 5.93. The highest BCUT2D eigenvalue weighted by Crippen LogP contribution is 2.37. The Bertz CT molecular complexity index is 1590. The summed E-state index contributed by atoms with van der Waals surface area (Å²) < 4.78 is 72.5. The maximum absolute atomic E-state index is 15.9. The van der Waals surface area contributed by atoms with Crippen LogP contribution in [-0.2, 0) is 12.7 Å². The summed E-state index contributed by atoms with van der Waals surface area (Å²) in [4.78, 5) is 31.3. The Labute approximate surface area is 258 Å². The number of hydrogen-bond donors (Lipinski definition) is 3. The second kappa shape index (κ2) is 13.3. The van der Waals surface area contributed by atoms with Gasteiger partial charge in [-0.25, -0.2) is 8.78 Å². The molecule has 0 spiro atoms. The number of carbonyl (C=O) groups is 1. The molecule has 2 aliphatic rings. The first-order valence-electron chi connectivity index (χ1n) is 15.3. The first-order chi connectivity index (χ1) is 21.3. The lowest BCUT2D eigenvalue weighted by Gasteiger charge is -2.44. The van der Waals surface area contributed by atoms with Crippen molar-refractivity contribution in [1.29, 1.82) is 0 Å². The van der Waals surface area contributed by atoms with Gasteiger partial charge in [0.15, 0.2) is 0 Å². The Kier molecular flexibility index (Phi) is 9.64. The number of carbonyl (C=O) groups excluding carboxylic acids is 1. The molecule has 5 rings (SSSR count). The van der Waals surface area contributed by atoms with Crippen LogP contribution in [0.4, 0.5) is 33.3 Å². The van der Waals surface area contributed by atoms with E-state index in [1.165, 1.54) is 24.6 Å². The lowest BCUT2D eigenvalue weighted by atomic mass is 9.95. The number of hydrogen-bond acceptors (Lipinski definition) is 5. The summed E-state index contributed by atoms with van der Waals surface area (Å²) >= 11 is 0. The number of halogens is 5. The van der Waals surface area contributed by atoms with Gasteiger partial charge in [0.2, 0.25) is 5.56 Å². The lowest BCUT2D eigenvalue weighted by molar-refractivity contribution is -0.138. The van der Waals surface area contributed by atoms with Crippen molar-refractivity contribution in [1.82, 2.24) is 15.2 Å². The molecular weight excluding hydrogens is 593 g/mol. The molecule has 1 aliphatic heterocycles. The number of rotatable bonds is 7. The minimum Gasteiger partial charge on any atom is -0.367 e. The number of nitrogens with one attached hydrogen (secondary N) is 3. The summed E-state index contributed by atoms with van der Waals surface area (Å²) in [6.45, 7) is 5.36. The summed E-state index contributed by atoms with van der Waals surface area (Å²) in [5.41, 5.74) is -2.48. The molecule has 1 aromatic heterocycles. The van der Waals surface area contributed by atoms with E-state index in [0.29, 0.717) is 31.0 Å². The highest BCUT2D eigenvalue weighted by Gasteiger charge is 2.36. The van der Waals surface area contributed by atoms with Crippen LogP contribution in [0.1, 0.15) is 67.4 Å². The molecule has 0 unspecified atom stereocenters. The number of alkyl halides is 3. The van der Waals surface area contributed by atoms with Crippen molar-refractivity contribution < 1.29 is 26.7 Å². The van der Waals surface area contributed by atoms with Crippen LogP contribution in [0.3, 0.4) is 0 Å². The minimum absolute atomic E-state index is 0.0883. The van der Waals surface area contributed by atoms with E-state index in [0.717, 1.165) is 25.7 Å². The third-order valence-electron chi connectivity index (χ3n) is 9.07. The number of likely N-dealkylation sites (N-methyl/N-ethyl adjacent to an activating group) is 1. The van der Waals surface area contributed by atoms with E-state index in [-0.39, 0.29) is 47.0 Å². The van der Waals surface area contributed by atoms with Crippen LogP contribution >= 0.6 is 0 Å². The zero-order valence-corrected chi connectivity index (χ0v) is 25.5. The van der Waals surface area contributed by atoms with E-state index in [1.54, 1.807) is 12.1 Å². The number of anilines is 2. The molecule has 2 fully saturated rings. The summed E-state index contributed by atoms with van der Waals surface area (Å²) in [5.74, 6) is -2.68. The quantitative estimate of drug-likeness (QED) is 0.258. The van der Waals surface area contributed by atoms with Crippen molar-refractivity contribution in [3.05, 3.63) is 81.3 Å². The van der Waals surface area contributed by atoms with Gasteiger partial charge in [-0.2, -0.15) is 13.2 Å². The Hall–Kier alpha value is -3.77. The van der Waals surface area contributed by atoms with Gasteiger partial charge in [-0.3, -0.25) is 14.5 Å². The molecule has 2 heterocycles. The highest BCUT2D eigenvalue weighted by atomic mass is 19.4. The SMILES string of the molecule is C[C@@H]1CN(c2ccc(-c3c(F)ccc(CNC4CCCCC4)c3F)cc2NC(=O)c2c[nH]c(=O)cc2C(F)(F)F)C[C@H](C)N1C. The second-order valence-corrected chi connectivity index (χ2v) is 12.2. The molecule has 0 radical (unpaired) electrons. The lowest BCUT2D eigenvalue weighted by Crippen LogP contribution is -2.55. The van der Waals surface area contributed by atoms with Crippen LogP contribution in [-0.4, -0.2) is 54.1 Å². The maximum atomic E-state index is 15.9. The van der Waals surface area contributed by atoms with Crippen LogP contribution < -0.4 is 21.1 Å². The molecule has 1 saturated heterocycles. The smallest absolute Gasteiger partial charge is 0.367 e. The maximum Gasteiger partial charge on any atom is 0.417 e. The van der Waals surface area contributed by atoms with Gasteiger partial charge in [0.25, 0.3) is 5.91 Å². The fourth-order valence-electron chi connectivity index (χ4n) is 6.31. The van der Waals surface area contributed by atoms with Crippen LogP contribution in [0.15, 0.2) is 47.4 Å². The number of H-pyrrole nitrogens is 1. The normalized spacial score (nSPS) is 20.0. The number of aromatic nitrogens is 1. The van der Waals surface area contributed by atoms with Crippen LogP contribution in [0.25, 0.3) is 11.1 Å². The van der Waals surface area contributed by atoms with E-state index in [9.17, 15) is 22.8 Å². The van der Waals surface area contributed by atoms with Crippen molar-refractivity contribution in [2.75, 3.05) is 30.4 Å². The molecule has 1 amide bonds. The molecule has 2 aromatic carbocycles. The first-order valence-corrected chi connectivity index (χ1v) is 15.3. The predicted octanol–water partition coefficient (Wildman–Crippen LogP) is 6.54. The number of aromatic amines is 1. The molecule has 1 saturated carbocycles. The van der Waals surface area contributed by atoms with Gasteiger partial charge in [0, 0.05) is 55.6 Å². The largest absolute Gasteiger partial charge is 0.417 e. The van der Waals surface area contributed by atoms with E-state index in [4.69, 9.17) is 0 Å². The highest BCUT2D eigenvalue weighted by molar-refractivity contribution is 6.07. The van der Waals surface area contributed by atoms with Crippen LogP contribution in [0, 0.1) is 11.6 Å². The van der Waals surface area contributed by atoms with Crippen molar-refractivity contribution in [3.63, 3.8) is 0 Å². The molecule has 12 heteroatoms. The second-order valence-electron chi connectivity index (χ2n) is 12.2. The number of pyridine rings is 1. The minimum atomic E-state index is -4.97. The van der Waals surface area contributed by atoms with E-state index in [2.05, 4.69) is 20.5 Å². The van der Waals surface area contributed by atoms with Crippen LogP contribution in [0.5, 0.6) is 0 Å². The Morgan fingerprint density at radius 3 is 2.36 bits per heavy atom. The molecule has 3 N–H and O–H groups in total. The Morgan fingerprint density at radius 1 is 1.00 bits per heavy atom. The molecule has 0 bridgehead atoms. The number of piperazine rings is 1. The van der Waals surface area contributed by atoms with Gasteiger partial charge in [0.05, 0.1) is 28.1 Å². The fraction of sp³-hybridized carbons (Fsp3) is 0.455. The summed E-state index contributed by atoms with van der Waals surface area (Å²) in [7, 11) is 2.00. The van der Waals surface area contributed by atoms with Crippen molar-refractivity contribution in [3.8, 4) is 11.1 Å². The monoisotopic (exact) mass is 631 g/mol. The van der Waals surface area contributed by atoms with E-state index in [1.807, 2.05) is 25.8 Å². The zero-order chi connectivity index (χ0) is 32.5. The van der Waals surface area contributed by atoms with Gasteiger partial charge in [-0.15, -0.1) is 0 Å². The zero-order valence-electron chi connectivity index (χ0n) is 25.5. The third-order valence-corrected chi connectivity index (χ3v) is 9.07.